The number of anilines is 1. The van der Waals surface area contributed by atoms with Gasteiger partial charge in [0.1, 0.15) is 5.66 Å². The smallest absolute Gasteiger partial charge is 0.257 e. The van der Waals surface area contributed by atoms with E-state index in [-0.39, 0.29) is 30.7 Å². The number of fused-ring (bicyclic) bond motifs is 3. The van der Waals surface area contributed by atoms with Crippen LogP contribution in [0.15, 0.2) is 28.8 Å². The third-order valence-corrected chi connectivity index (χ3v) is 6.39. The van der Waals surface area contributed by atoms with E-state index < -0.39 is 5.66 Å². The lowest BCUT2D eigenvalue weighted by Gasteiger charge is -2.48. The zero-order valence-corrected chi connectivity index (χ0v) is 17.5. The van der Waals surface area contributed by atoms with E-state index in [0.29, 0.717) is 48.9 Å². The molecule has 1 aliphatic carbocycles. The summed E-state index contributed by atoms with van der Waals surface area (Å²) in [6.45, 7) is 2.53. The van der Waals surface area contributed by atoms with Crippen LogP contribution in [0.5, 0.6) is 0 Å². The van der Waals surface area contributed by atoms with Crippen molar-refractivity contribution < 1.29 is 18.9 Å². The van der Waals surface area contributed by atoms with Crippen LogP contribution in [0.1, 0.15) is 73.4 Å². The lowest BCUT2D eigenvalue weighted by atomic mass is 9.98. The molecule has 1 aromatic heterocycles. The van der Waals surface area contributed by atoms with Crippen LogP contribution in [0.2, 0.25) is 0 Å². The van der Waals surface area contributed by atoms with Gasteiger partial charge in [-0.3, -0.25) is 19.3 Å². The second-order valence-corrected chi connectivity index (χ2v) is 8.62. The van der Waals surface area contributed by atoms with Crippen LogP contribution in [0.4, 0.5) is 5.69 Å². The van der Waals surface area contributed by atoms with Crippen molar-refractivity contribution in [1.29, 1.82) is 0 Å². The molecule has 1 saturated carbocycles. The van der Waals surface area contributed by atoms with Crippen LogP contribution in [-0.4, -0.2) is 45.0 Å². The molecule has 0 unspecified atom stereocenters. The second-order valence-electron chi connectivity index (χ2n) is 8.62. The van der Waals surface area contributed by atoms with E-state index >= 15 is 0 Å². The summed E-state index contributed by atoms with van der Waals surface area (Å²) in [6.07, 6.45) is 3.92. The van der Waals surface area contributed by atoms with Gasteiger partial charge < -0.3 is 14.7 Å². The van der Waals surface area contributed by atoms with E-state index in [1.54, 1.807) is 21.9 Å². The number of aromatic nitrogens is 2. The third-order valence-electron chi connectivity index (χ3n) is 6.39. The quantitative estimate of drug-likeness (QED) is 0.732. The van der Waals surface area contributed by atoms with Gasteiger partial charge in [-0.15, -0.1) is 0 Å². The Morgan fingerprint density at radius 1 is 1.29 bits per heavy atom. The average Bonchev–Trinajstić information content (AvgIpc) is 3.42. The van der Waals surface area contributed by atoms with Gasteiger partial charge in [-0.1, -0.05) is 17.3 Å². The zero-order valence-electron chi connectivity index (χ0n) is 17.5. The molecule has 3 aliphatic rings. The molecule has 1 atom stereocenters. The fourth-order valence-corrected chi connectivity index (χ4v) is 4.55. The van der Waals surface area contributed by atoms with Gasteiger partial charge in [0.2, 0.25) is 17.7 Å². The number of nitrogens with one attached hydrogen (secondary N) is 1. The number of carbonyl (C=O) groups excluding carboxylic acids is 3. The molecular formula is C22H25N5O4. The Balaban J connectivity index is 1.20. The number of amides is 3. The second kappa shape index (κ2) is 7.47. The molecule has 0 radical (unpaired) electrons. The van der Waals surface area contributed by atoms with E-state index in [0.717, 1.165) is 18.7 Å². The average molecular weight is 423 g/mol. The van der Waals surface area contributed by atoms with Gasteiger partial charge in [0.05, 0.1) is 17.8 Å². The van der Waals surface area contributed by atoms with Crippen molar-refractivity contribution in [3.8, 4) is 0 Å². The summed E-state index contributed by atoms with van der Waals surface area (Å²) in [6, 6.07) is 7.22. The van der Waals surface area contributed by atoms with Crippen molar-refractivity contribution in [3.05, 3.63) is 41.5 Å². The van der Waals surface area contributed by atoms with Gasteiger partial charge in [0.25, 0.3) is 5.91 Å². The van der Waals surface area contributed by atoms with E-state index in [2.05, 4.69) is 15.5 Å². The fraction of sp³-hybridized carbons (Fsp3) is 0.500. The highest BCUT2D eigenvalue weighted by Crippen LogP contribution is 2.44. The van der Waals surface area contributed by atoms with Crippen molar-refractivity contribution in [2.75, 3.05) is 11.4 Å². The Morgan fingerprint density at radius 3 is 2.90 bits per heavy atom. The van der Waals surface area contributed by atoms with E-state index in [1.165, 1.54) is 0 Å². The van der Waals surface area contributed by atoms with Crippen molar-refractivity contribution >= 4 is 23.4 Å². The molecule has 1 saturated heterocycles. The normalized spacial score (nSPS) is 22.5. The van der Waals surface area contributed by atoms with Crippen molar-refractivity contribution in [2.24, 2.45) is 0 Å². The molecule has 1 aromatic carbocycles. The van der Waals surface area contributed by atoms with Crippen LogP contribution >= 0.6 is 0 Å². The molecule has 9 nitrogen and oxygen atoms in total. The summed E-state index contributed by atoms with van der Waals surface area (Å²) in [7, 11) is 0. The van der Waals surface area contributed by atoms with Crippen molar-refractivity contribution in [2.45, 2.75) is 63.6 Å². The van der Waals surface area contributed by atoms with E-state index in [9.17, 15) is 14.4 Å². The third kappa shape index (κ3) is 3.47. The van der Waals surface area contributed by atoms with E-state index in [4.69, 9.17) is 4.52 Å². The fourth-order valence-electron chi connectivity index (χ4n) is 4.55. The van der Waals surface area contributed by atoms with E-state index in [1.807, 2.05) is 19.1 Å². The lowest BCUT2D eigenvalue weighted by molar-refractivity contribution is -0.121. The molecule has 3 amide bonds. The molecule has 2 aromatic rings. The minimum atomic E-state index is -0.692. The Morgan fingerprint density at radius 2 is 2.10 bits per heavy atom. The minimum Gasteiger partial charge on any atom is -0.347 e. The number of hydrogen-bond acceptors (Lipinski definition) is 6. The molecule has 3 heterocycles. The largest absolute Gasteiger partial charge is 0.347 e. The Kier molecular flexibility index (Phi) is 4.75. The standard InChI is InChI=1S/C22H25N5O4/c1-22-11-10-19(29)27(22)16-6-3-2-5-15(16)21(30)26(22)12-4-7-17(28)23-13-18-24-20(25-31-18)14-8-9-14/h2-3,5-6,14H,4,7-13H2,1H3,(H,23,28)/t22-/m1/s1. The van der Waals surface area contributed by atoms with Crippen molar-refractivity contribution in [3.63, 3.8) is 0 Å². The summed E-state index contributed by atoms with van der Waals surface area (Å²) in [5.41, 5.74) is 0.515. The number of para-hydroxylation sites is 1. The Bertz CT molecular complexity index is 1050. The summed E-state index contributed by atoms with van der Waals surface area (Å²) >= 11 is 0. The summed E-state index contributed by atoms with van der Waals surface area (Å²) in [5, 5.41) is 6.73. The number of hydrogen-bond donors (Lipinski definition) is 1. The summed E-state index contributed by atoms with van der Waals surface area (Å²) < 4.78 is 5.17. The molecule has 0 spiro atoms. The maximum Gasteiger partial charge on any atom is 0.257 e. The van der Waals surface area contributed by atoms with Crippen LogP contribution in [-0.2, 0) is 16.1 Å². The number of nitrogens with zero attached hydrogens (tertiary/aromatic N) is 4. The lowest BCUT2D eigenvalue weighted by Crippen LogP contribution is -2.62. The van der Waals surface area contributed by atoms with Crippen LogP contribution in [0, 0.1) is 0 Å². The van der Waals surface area contributed by atoms with Crippen molar-refractivity contribution in [1.82, 2.24) is 20.4 Å². The SMILES string of the molecule is C[C@]12CCC(=O)N1c1ccccc1C(=O)N2CCCC(=O)NCc1nc(C2CC2)no1. The molecule has 31 heavy (non-hydrogen) atoms. The number of rotatable bonds is 7. The summed E-state index contributed by atoms with van der Waals surface area (Å²) in [4.78, 5) is 45.8. The number of benzene rings is 1. The molecule has 1 N–H and O–H groups in total. The Hall–Kier alpha value is -3.23. The molecule has 162 valence electrons. The summed E-state index contributed by atoms with van der Waals surface area (Å²) in [5.74, 6) is 1.32. The highest BCUT2D eigenvalue weighted by atomic mass is 16.5. The van der Waals surface area contributed by atoms with Gasteiger partial charge in [-0.2, -0.15) is 4.98 Å². The monoisotopic (exact) mass is 423 g/mol. The van der Waals surface area contributed by atoms with Gasteiger partial charge in [-0.25, -0.2) is 0 Å². The molecule has 2 fully saturated rings. The first kappa shape index (κ1) is 19.7. The zero-order chi connectivity index (χ0) is 21.6. The first-order valence-electron chi connectivity index (χ1n) is 10.8. The van der Waals surface area contributed by atoms with Gasteiger partial charge in [-0.05, 0) is 44.7 Å². The Labute approximate surface area is 179 Å². The molecule has 0 bridgehead atoms. The van der Waals surface area contributed by atoms with Crippen LogP contribution < -0.4 is 10.2 Å². The first-order chi connectivity index (χ1) is 15.0. The highest BCUT2D eigenvalue weighted by molar-refractivity contribution is 6.10. The van der Waals surface area contributed by atoms with Crippen LogP contribution in [0.3, 0.4) is 0 Å². The first-order valence-corrected chi connectivity index (χ1v) is 10.8. The number of carbonyl (C=O) groups is 3. The topological polar surface area (TPSA) is 109 Å². The van der Waals surface area contributed by atoms with Gasteiger partial charge in [0, 0.05) is 25.3 Å². The minimum absolute atomic E-state index is 0.0234. The van der Waals surface area contributed by atoms with Gasteiger partial charge >= 0.3 is 0 Å². The maximum absolute atomic E-state index is 13.2. The van der Waals surface area contributed by atoms with Crippen LogP contribution in [0.25, 0.3) is 0 Å². The maximum atomic E-state index is 13.2. The predicted molar refractivity (Wildman–Crippen MR) is 110 cm³/mol. The molecule has 9 heteroatoms. The predicted octanol–water partition coefficient (Wildman–Crippen LogP) is 2.34. The van der Waals surface area contributed by atoms with Gasteiger partial charge in [0.15, 0.2) is 5.82 Å². The molecule has 5 rings (SSSR count). The molecule has 2 aliphatic heterocycles. The molecular weight excluding hydrogens is 398 g/mol. The highest BCUT2D eigenvalue weighted by Gasteiger charge is 2.52.